The highest BCUT2D eigenvalue weighted by Crippen LogP contribution is 2.40. The number of nitrogens with zero attached hydrogens (tertiary/aromatic N) is 1. The number of fused-ring (bicyclic) bond motifs is 1. The maximum absolute atomic E-state index is 13.9. The van der Waals surface area contributed by atoms with Gasteiger partial charge in [0.15, 0.2) is 0 Å². The molecule has 0 spiro atoms. The molecule has 0 atom stereocenters. The second-order valence-corrected chi connectivity index (χ2v) is 7.93. The number of nitrogens with one attached hydrogen (secondary N) is 2. The summed E-state index contributed by atoms with van der Waals surface area (Å²) in [6.45, 7) is 3.97. The first-order valence-corrected chi connectivity index (χ1v) is 10.5. The first-order valence-electron chi connectivity index (χ1n) is 10.5. The molecule has 0 radical (unpaired) electrons. The summed E-state index contributed by atoms with van der Waals surface area (Å²) in [6.07, 6.45) is 1.71. The van der Waals surface area contributed by atoms with E-state index < -0.39 is 0 Å². The van der Waals surface area contributed by atoms with Gasteiger partial charge in [-0.25, -0.2) is 4.39 Å². The minimum absolute atomic E-state index is 0.0958. The van der Waals surface area contributed by atoms with E-state index in [-0.39, 0.29) is 17.6 Å². The van der Waals surface area contributed by atoms with E-state index in [9.17, 15) is 14.0 Å². The van der Waals surface area contributed by atoms with Crippen molar-refractivity contribution in [2.75, 3.05) is 31.6 Å². The van der Waals surface area contributed by atoms with Crippen LogP contribution in [0.2, 0.25) is 0 Å². The molecule has 0 bridgehead atoms. The molecule has 0 unspecified atom stereocenters. The summed E-state index contributed by atoms with van der Waals surface area (Å²) in [4.78, 5) is 31.0. The highest BCUT2D eigenvalue weighted by molar-refractivity contribution is 6.36. The lowest BCUT2D eigenvalue weighted by molar-refractivity contribution is -0.110. The Bertz CT molecular complexity index is 1260. The number of rotatable bonds is 3. The zero-order chi connectivity index (χ0) is 22.2. The van der Waals surface area contributed by atoms with Crippen molar-refractivity contribution in [1.82, 2.24) is 9.88 Å². The van der Waals surface area contributed by atoms with Gasteiger partial charge in [0.1, 0.15) is 5.82 Å². The van der Waals surface area contributed by atoms with Crippen molar-refractivity contribution in [2.45, 2.75) is 6.92 Å². The smallest absolute Gasteiger partial charge is 0.256 e. The van der Waals surface area contributed by atoms with Crippen molar-refractivity contribution in [3.8, 4) is 11.1 Å². The molecule has 7 heteroatoms. The van der Waals surface area contributed by atoms with Crippen LogP contribution in [0.1, 0.15) is 27.3 Å². The van der Waals surface area contributed by atoms with Crippen LogP contribution in [-0.2, 0) is 9.53 Å². The number of morpholine rings is 1. The van der Waals surface area contributed by atoms with Gasteiger partial charge < -0.3 is 19.9 Å². The molecule has 1 fully saturated rings. The van der Waals surface area contributed by atoms with Gasteiger partial charge in [-0.3, -0.25) is 9.59 Å². The molecule has 162 valence electrons. The summed E-state index contributed by atoms with van der Waals surface area (Å²) in [6, 6.07) is 13.6. The zero-order valence-corrected chi connectivity index (χ0v) is 17.6. The van der Waals surface area contributed by atoms with Crippen molar-refractivity contribution < 1.29 is 18.7 Å². The second-order valence-electron chi connectivity index (χ2n) is 7.93. The van der Waals surface area contributed by atoms with Crippen LogP contribution < -0.4 is 5.32 Å². The number of carbonyl (C=O) groups excluding carboxylic acids is 2. The van der Waals surface area contributed by atoms with Crippen LogP contribution in [0.5, 0.6) is 0 Å². The fourth-order valence-corrected chi connectivity index (χ4v) is 4.27. The van der Waals surface area contributed by atoms with Crippen LogP contribution in [-0.4, -0.2) is 48.0 Å². The third kappa shape index (κ3) is 3.61. The molecule has 1 aromatic heterocycles. The van der Waals surface area contributed by atoms with Gasteiger partial charge in [-0.1, -0.05) is 24.3 Å². The van der Waals surface area contributed by atoms with Crippen molar-refractivity contribution in [1.29, 1.82) is 0 Å². The maximum atomic E-state index is 13.9. The number of ether oxygens (including phenoxy) is 1. The van der Waals surface area contributed by atoms with E-state index in [1.54, 1.807) is 23.1 Å². The molecule has 2 N–H and O–H groups in total. The Morgan fingerprint density at radius 3 is 2.69 bits per heavy atom. The monoisotopic (exact) mass is 431 g/mol. The number of benzene rings is 2. The largest absolute Gasteiger partial charge is 0.378 e. The molecule has 1 saturated heterocycles. The Kier molecular flexibility index (Phi) is 5.11. The van der Waals surface area contributed by atoms with E-state index >= 15 is 0 Å². The Labute approximate surface area is 184 Å². The summed E-state index contributed by atoms with van der Waals surface area (Å²) in [5, 5.41) is 2.88. The molecule has 32 heavy (non-hydrogen) atoms. The number of amides is 2. The van der Waals surface area contributed by atoms with Crippen molar-refractivity contribution in [3.63, 3.8) is 0 Å². The zero-order valence-electron chi connectivity index (χ0n) is 17.6. The normalized spacial score (nSPS) is 16.9. The molecule has 3 aromatic rings. The summed E-state index contributed by atoms with van der Waals surface area (Å²) in [5.41, 5.74) is 5.12. The van der Waals surface area contributed by atoms with Crippen molar-refractivity contribution in [3.05, 3.63) is 76.9 Å². The SMILES string of the molecule is Cc1cc(C(=O)N2CCOCC2)c(/C=C2\C(=O)Nc3cccc(-c4cccc(F)c4)c32)[nH]1. The first-order chi connectivity index (χ1) is 15.5. The number of anilines is 1. The van der Waals surface area contributed by atoms with Gasteiger partial charge in [0.05, 0.1) is 30.0 Å². The molecule has 2 aromatic carbocycles. The van der Waals surface area contributed by atoms with Crippen LogP contribution in [0.4, 0.5) is 10.1 Å². The lowest BCUT2D eigenvalue weighted by Crippen LogP contribution is -2.40. The second kappa shape index (κ2) is 8.09. The highest BCUT2D eigenvalue weighted by atomic mass is 19.1. The predicted molar refractivity (Wildman–Crippen MR) is 121 cm³/mol. The molecule has 2 aliphatic rings. The van der Waals surface area contributed by atoms with Crippen molar-refractivity contribution in [2.24, 2.45) is 0 Å². The fraction of sp³-hybridized carbons (Fsp3) is 0.200. The number of halogens is 1. The number of hydrogen-bond acceptors (Lipinski definition) is 3. The third-order valence-electron chi connectivity index (χ3n) is 5.76. The van der Waals surface area contributed by atoms with Crippen LogP contribution >= 0.6 is 0 Å². The van der Waals surface area contributed by atoms with E-state index in [2.05, 4.69) is 10.3 Å². The van der Waals surface area contributed by atoms with Crippen molar-refractivity contribution >= 4 is 29.2 Å². The number of H-pyrrole nitrogens is 1. The predicted octanol–water partition coefficient (Wildman–Crippen LogP) is 4.09. The van der Waals surface area contributed by atoms with E-state index in [4.69, 9.17) is 4.74 Å². The molecule has 3 heterocycles. The molecule has 0 aliphatic carbocycles. The standard InChI is InChI=1S/C25H22FN3O3/c1-15-12-19(25(31)29-8-10-32-11-9-29)22(27-15)14-20-23-18(16-4-2-5-17(26)13-16)6-3-7-21(23)28-24(20)30/h2-7,12-14,27H,8-11H2,1H3,(H,28,30)/b20-14-. The number of hydrogen-bond donors (Lipinski definition) is 2. The average molecular weight is 431 g/mol. The number of aromatic nitrogens is 1. The van der Waals surface area contributed by atoms with Gasteiger partial charge in [0, 0.05) is 30.0 Å². The summed E-state index contributed by atoms with van der Waals surface area (Å²) in [5.74, 6) is -0.705. The minimum Gasteiger partial charge on any atom is -0.378 e. The summed E-state index contributed by atoms with van der Waals surface area (Å²) in [7, 11) is 0. The van der Waals surface area contributed by atoms with Gasteiger partial charge in [0.25, 0.3) is 11.8 Å². The quantitative estimate of drug-likeness (QED) is 0.614. The molecule has 0 saturated carbocycles. The Balaban J connectivity index is 1.60. The molecular formula is C25H22FN3O3. The van der Waals surface area contributed by atoms with E-state index in [1.807, 2.05) is 31.2 Å². The molecule has 2 aliphatic heterocycles. The van der Waals surface area contributed by atoms with E-state index in [1.165, 1.54) is 12.1 Å². The molecule has 5 rings (SSSR count). The highest BCUT2D eigenvalue weighted by Gasteiger charge is 2.29. The topological polar surface area (TPSA) is 74.4 Å². The van der Waals surface area contributed by atoms with E-state index in [0.717, 1.165) is 11.3 Å². The van der Waals surface area contributed by atoms with Gasteiger partial charge in [0.2, 0.25) is 0 Å². The van der Waals surface area contributed by atoms with Gasteiger partial charge in [-0.05, 0) is 48.4 Å². The Morgan fingerprint density at radius 1 is 1.12 bits per heavy atom. The maximum Gasteiger partial charge on any atom is 0.256 e. The number of aryl methyl sites for hydroxylation is 1. The Hall–Kier alpha value is -3.71. The number of carbonyl (C=O) groups is 2. The van der Waals surface area contributed by atoms with Crippen LogP contribution in [0, 0.1) is 12.7 Å². The molecule has 6 nitrogen and oxygen atoms in total. The van der Waals surface area contributed by atoms with Crippen LogP contribution in [0.25, 0.3) is 22.8 Å². The Morgan fingerprint density at radius 2 is 1.91 bits per heavy atom. The summed E-state index contributed by atoms with van der Waals surface area (Å²) < 4.78 is 19.2. The lowest BCUT2D eigenvalue weighted by Gasteiger charge is -2.26. The lowest BCUT2D eigenvalue weighted by atomic mass is 9.94. The van der Waals surface area contributed by atoms with Crippen LogP contribution in [0.3, 0.4) is 0 Å². The van der Waals surface area contributed by atoms with Crippen LogP contribution in [0.15, 0.2) is 48.5 Å². The molecular weight excluding hydrogens is 409 g/mol. The summed E-state index contributed by atoms with van der Waals surface area (Å²) >= 11 is 0. The number of aromatic amines is 1. The van der Waals surface area contributed by atoms with Gasteiger partial charge in [-0.2, -0.15) is 0 Å². The third-order valence-corrected chi connectivity index (χ3v) is 5.76. The molecule has 2 amide bonds. The van der Waals surface area contributed by atoms with Gasteiger partial charge >= 0.3 is 0 Å². The minimum atomic E-state index is -0.346. The van der Waals surface area contributed by atoms with E-state index in [0.29, 0.717) is 59.9 Å². The first kappa shape index (κ1) is 20.2. The van der Waals surface area contributed by atoms with Gasteiger partial charge in [-0.15, -0.1) is 0 Å². The average Bonchev–Trinajstić information content (AvgIpc) is 3.33. The fourth-order valence-electron chi connectivity index (χ4n) is 4.27.